The van der Waals surface area contributed by atoms with Crippen molar-refractivity contribution in [1.29, 1.82) is 0 Å². The Morgan fingerprint density at radius 3 is 2.39 bits per heavy atom. The van der Waals surface area contributed by atoms with Gasteiger partial charge in [-0.1, -0.05) is 41.4 Å². The van der Waals surface area contributed by atoms with E-state index in [1.165, 1.54) is 0 Å². The van der Waals surface area contributed by atoms with Crippen LogP contribution in [0.1, 0.15) is 17.2 Å². The molecule has 0 aromatic heterocycles. The fourth-order valence-corrected chi connectivity index (χ4v) is 2.26. The number of hydrazine groups is 1. The quantitative estimate of drug-likeness (QED) is 0.460. The average molecular weight is 282 g/mol. The maximum Gasteiger partial charge on any atom is 0.0744 e. The number of halogens is 2. The lowest BCUT2D eigenvalue weighted by Gasteiger charge is -2.20. The molecule has 0 fully saturated rings. The lowest BCUT2D eigenvalue weighted by atomic mass is 9.98. The number of nitrogen functional groups attached to an aromatic ring is 1. The van der Waals surface area contributed by atoms with Crippen LogP contribution in [0, 0.1) is 0 Å². The summed E-state index contributed by atoms with van der Waals surface area (Å²) in [5.74, 6) is 5.62. The van der Waals surface area contributed by atoms with E-state index in [1.54, 1.807) is 18.2 Å². The molecule has 0 saturated carbocycles. The molecule has 5 heteroatoms. The molecule has 0 amide bonds. The maximum atomic E-state index is 6.18. The second-order valence-corrected chi connectivity index (χ2v) is 4.74. The summed E-state index contributed by atoms with van der Waals surface area (Å²) in [6, 6.07) is 12.4. The molecule has 0 heterocycles. The molecular weight excluding hydrogens is 269 g/mol. The first-order valence-corrected chi connectivity index (χ1v) is 6.14. The molecule has 0 bridgehead atoms. The maximum absolute atomic E-state index is 6.18. The van der Waals surface area contributed by atoms with Crippen molar-refractivity contribution in [1.82, 2.24) is 5.43 Å². The zero-order chi connectivity index (χ0) is 13.1. The van der Waals surface area contributed by atoms with E-state index in [0.29, 0.717) is 15.7 Å². The number of rotatable bonds is 3. The van der Waals surface area contributed by atoms with Crippen molar-refractivity contribution in [2.24, 2.45) is 5.84 Å². The number of hydrogen-bond donors (Lipinski definition) is 3. The number of nitrogens with one attached hydrogen (secondary N) is 1. The fraction of sp³-hybridized carbons (Fsp3) is 0.0769. The molecule has 0 aliphatic carbocycles. The van der Waals surface area contributed by atoms with E-state index in [9.17, 15) is 0 Å². The number of benzene rings is 2. The molecule has 2 rings (SSSR count). The molecule has 18 heavy (non-hydrogen) atoms. The second kappa shape index (κ2) is 5.59. The van der Waals surface area contributed by atoms with Gasteiger partial charge >= 0.3 is 0 Å². The first-order chi connectivity index (χ1) is 8.63. The molecule has 2 aromatic rings. The zero-order valence-electron chi connectivity index (χ0n) is 9.53. The summed E-state index contributed by atoms with van der Waals surface area (Å²) in [6.45, 7) is 0. The van der Waals surface area contributed by atoms with Crippen molar-refractivity contribution in [3.05, 3.63) is 63.6 Å². The van der Waals surface area contributed by atoms with Crippen LogP contribution in [0.4, 0.5) is 5.69 Å². The van der Waals surface area contributed by atoms with Gasteiger partial charge in [-0.05, 0) is 35.4 Å². The number of para-hydroxylation sites is 1. The van der Waals surface area contributed by atoms with Gasteiger partial charge in [-0.25, -0.2) is 5.43 Å². The minimum absolute atomic E-state index is 0.294. The topological polar surface area (TPSA) is 64.1 Å². The van der Waals surface area contributed by atoms with Crippen LogP contribution in [0.25, 0.3) is 0 Å². The van der Waals surface area contributed by atoms with Gasteiger partial charge in [0.05, 0.1) is 6.04 Å². The third kappa shape index (κ3) is 2.60. The van der Waals surface area contributed by atoms with Gasteiger partial charge in [-0.3, -0.25) is 5.84 Å². The van der Waals surface area contributed by atoms with Gasteiger partial charge in [0.2, 0.25) is 0 Å². The molecule has 5 N–H and O–H groups in total. The van der Waals surface area contributed by atoms with Crippen molar-refractivity contribution in [2.45, 2.75) is 6.04 Å². The van der Waals surface area contributed by atoms with E-state index in [0.717, 1.165) is 11.1 Å². The zero-order valence-corrected chi connectivity index (χ0v) is 11.0. The van der Waals surface area contributed by atoms with Gasteiger partial charge in [-0.15, -0.1) is 0 Å². The van der Waals surface area contributed by atoms with Crippen molar-refractivity contribution in [3.63, 3.8) is 0 Å². The summed E-state index contributed by atoms with van der Waals surface area (Å²) in [4.78, 5) is 0. The first-order valence-electron chi connectivity index (χ1n) is 5.39. The van der Waals surface area contributed by atoms with E-state index in [-0.39, 0.29) is 6.04 Å². The third-order valence-electron chi connectivity index (χ3n) is 2.74. The highest BCUT2D eigenvalue weighted by atomic mass is 35.5. The third-order valence-corrected chi connectivity index (χ3v) is 3.32. The molecule has 2 aromatic carbocycles. The first kappa shape index (κ1) is 13.2. The lowest BCUT2D eigenvalue weighted by molar-refractivity contribution is 0.639. The van der Waals surface area contributed by atoms with E-state index >= 15 is 0 Å². The predicted octanol–water partition coefficient (Wildman–Crippen LogP) is 3.13. The number of anilines is 1. The summed E-state index contributed by atoms with van der Waals surface area (Å²) in [7, 11) is 0. The highest BCUT2D eigenvalue weighted by Crippen LogP contribution is 2.32. The van der Waals surface area contributed by atoms with Crippen molar-refractivity contribution < 1.29 is 0 Å². The molecule has 0 saturated heterocycles. The van der Waals surface area contributed by atoms with Gasteiger partial charge in [0, 0.05) is 15.7 Å². The Kier molecular flexibility index (Phi) is 4.09. The highest BCUT2D eigenvalue weighted by molar-refractivity contribution is 6.33. The van der Waals surface area contributed by atoms with Crippen molar-refractivity contribution in [2.75, 3.05) is 5.73 Å². The standard InChI is InChI=1S/C13H13Cl2N3/c14-8-5-6-11(15)10(7-8)13(18-17)9-3-1-2-4-12(9)16/h1-7,13,18H,16-17H2. The molecule has 1 atom stereocenters. The molecule has 0 radical (unpaired) electrons. The monoisotopic (exact) mass is 281 g/mol. The minimum Gasteiger partial charge on any atom is -0.398 e. The molecule has 1 unspecified atom stereocenters. The highest BCUT2D eigenvalue weighted by Gasteiger charge is 2.17. The van der Waals surface area contributed by atoms with Crippen LogP contribution in [0.3, 0.4) is 0 Å². The second-order valence-electron chi connectivity index (χ2n) is 3.89. The van der Waals surface area contributed by atoms with Crippen LogP contribution in [0.15, 0.2) is 42.5 Å². The predicted molar refractivity (Wildman–Crippen MR) is 76.5 cm³/mol. The number of hydrogen-bond acceptors (Lipinski definition) is 3. The molecule has 0 aliphatic heterocycles. The molecule has 0 spiro atoms. The Morgan fingerprint density at radius 1 is 1.00 bits per heavy atom. The van der Waals surface area contributed by atoms with E-state index in [4.69, 9.17) is 34.8 Å². The van der Waals surface area contributed by atoms with Gasteiger partial charge in [-0.2, -0.15) is 0 Å². The number of nitrogens with two attached hydrogens (primary N) is 2. The SMILES string of the molecule is NNC(c1ccccc1N)c1cc(Cl)ccc1Cl. The summed E-state index contributed by atoms with van der Waals surface area (Å²) in [5, 5.41) is 1.19. The van der Waals surface area contributed by atoms with Crippen LogP contribution < -0.4 is 17.0 Å². The normalized spacial score (nSPS) is 12.4. The lowest BCUT2D eigenvalue weighted by Crippen LogP contribution is -2.29. The molecule has 3 nitrogen and oxygen atoms in total. The van der Waals surface area contributed by atoms with Gasteiger partial charge < -0.3 is 5.73 Å². The van der Waals surface area contributed by atoms with Crippen LogP contribution in [0.2, 0.25) is 10.0 Å². The van der Waals surface area contributed by atoms with Crippen LogP contribution in [-0.2, 0) is 0 Å². The Morgan fingerprint density at radius 2 is 1.72 bits per heavy atom. The van der Waals surface area contributed by atoms with Crippen molar-refractivity contribution in [3.8, 4) is 0 Å². The van der Waals surface area contributed by atoms with Gasteiger partial charge in [0.15, 0.2) is 0 Å². The Hall–Kier alpha value is -1.26. The molecule has 0 aliphatic rings. The van der Waals surface area contributed by atoms with E-state index in [1.807, 2.05) is 24.3 Å². The van der Waals surface area contributed by atoms with Gasteiger partial charge in [0.1, 0.15) is 0 Å². The summed E-state index contributed by atoms with van der Waals surface area (Å²) in [5.41, 5.74) is 11.0. The summed E-state index contributed by atoms with van der Waals surface area (Å²) in [6.07, 6.45) is 0. The van der Waals surface area contributed by atoms with Crippen LogP contribution >= 0.6 is 23.2 Å². The van der Waals surface area contributed by atoms with E-state index < -0.39 is 0 Å². The van der Waals surface area contributed by atoms with Gasteiger partial charge in [0.25, 0.3) is 0 Å². The Balaban J connectivity index is 2.52. The average Bonchev–Trinajstić information content (AvgIpc) is 2.36. The largest absolute Gasteiger partial charge is 0.398 e. The Bertz CT molecular complexity index is 558. The van der Waals surface area contributed by atoms with Crippen LogP contribution in [-0.4, -0.2) is 0 Å². The van der Waals surface area contributed by atoms with Crippen LogP contribution in [0.5, 0.6) is 0 Å². The Labute approximate surface area is 116 Å². The van der Waals surface area contributed by atoms with Crippen molar-refractivity contribution >= 4 is 28.9 Å². The minimum atomic E-state index is -0.294. The summed E-state index contributed by atoms with van der Waals surface area (Å²) < 4.78 is 0. The smallest absolute Gasteiger partial charge is 0.0744 e. The summed E-state index contributed by atoms with van der Waals surface area (Å²) >= 11 is 12.2. The van der Waals surface area contributed by atoms with E-state index in [2.05, 4.69) is 5.43 Å². The molecular formula is C13H13Cl2N3. The molecule has 94 valence electrons. The fourth-order valence-electron chi connectivity index (χ4n) is 1.86.